The van der Waals surface area contributed by atoms with E-state index in [-0.39, 0.29) is 0 Å². The second kappa shape index (κ2) is 4.56. The van der Waals surface area contributed by atoms with Crippen molar-refractivity contribution in [3.8, 4) is 0 Å². The SMILES string of the molecule is Cc1ccc(C(O)c2cc3cccc(C)c3o2)cc1. The summed E-state index contributed by atoms with van der Waals surface area (Å²) in [6, 6.07) is 15.8. The highest BCUT2D eigenvalue weighted by molar-refractivity contribution is 5.81. The molecule has 3 aromatic rings. The molecule has 0 amide bonds. The van der Waals surface area contributed by atoms with E-state index in [0.717, 1.165) is 22.1 Å². The molecule has 19 heavy (non-hydrogen) atoms. The van der Waals surface area contributed by atoms with Gasteiger partial charge in [0.25, 0.3) is 0 Å². The summed E-state index contributed by atoms with van der Waals surface area (Å²) in [5.41, 5.74) is 3.96. The Morgan fingerprint density at radius 1 is 1.00 bits per heavy atom. The zero-order valence-electron chi connectivity index (χ0n) is 11.1. The average Bonchev–Trinajstić information content (AvgIpc) is 2.84. The molecule has 1 heterocycles. The van der Waals surface area contributed by atoms with Crippen LogP contribution in [0, 0.1) is 13.8 Å². The van der Waals surface area contributed by atoms with E-state index >= 15 is 0 Å². The summed E-state index contributed by atoms with van der Waals surface area (Å²) >= 11 is 0. The average molecular weight is 252 g/mol. The topological polar surface area (TPSA) is 33.4 Å². The molecule has 0 fully saturated rings. The summed E-state index contributed by atoms with van der Waals surface area (Å²) in [5, 5.41) is 11.4. The Balaban J connectivity index is 2.04. The predicted molar refractivity (Wildman–Crippen MR) is 76.2 cm³/mol. The number of hydrogen-bond acceptors (Lipinski definition) is 2. The van der Waals surface area contributed by atoms with Crippen molar-refractivity contribution < 1.29 is 9.52 Å². The molecule has 0 saturated heterocycles. The van der Waals surface area contributed by atoms with Gasteiger partial charge in [0.1, 0.15) is 17.4 Å². The minimum absolute atomic E-state index is 0.591. The van der Waals surface area contributed by atoms with Crippen molar-refractivity contribution >= 4 is 11.0 Å². The van der Waals surface area contributed by atoms with Crippen molar-refractivity contribution in [3.63, 3.8) is 0 Å². The monoisotopic (exact) mass is 252 g/mol. The minimum Gasteiger partial charge on any atom is -0.458 e. The van der Waals surface area contributed by atoms with Crippen molar-refractivity contribution in [2.24, 2.45) is 0 Å². The lowest BCUT2D eigenvalue weighted by Crippen LogP contribution is -1.97. The lowest BCUT2D eigenvalue weighted by molar-refractivity contribution is 0.192. The van der Waals surface area contributed by atoms with Gasteiger partial charge in [-0.05, 0) is 31.0 Å². The quantitative estimate of drug-likeness (QED) is 0.744. The standard InChI is InChI=1S/C17H16O2/c1-11-6-8-13(9-7-11)16(18)15-10-14-5-3-4-12(2)17(14)19-15/h3-10,16,18H,1-2H3. The largest absolute Gasteiger partial charge is 0.458 e. The summed E-state index contributed by atoms with van der Waals surface area (Å²) in [6.45, 7) is 4.04. The van der Waals surface area contributed by atoms with Crippen LogP contribution < -0.4 is 0 Å². The van der Waals surface area contributed by atoms with Gasteiger partial charge in [-0.3, -0.25) is 0 Å². The highest BCUT2D eigenvalue weighted by atomic mass is 16.4. The number of aryl methyl sites for hydroxylation is 2. The van der Waals surface area contributed by atoms with Crippen LogP contribution in [0.4, 0.5) is 0 Å². The summed E-state index contributed by atoms with van der Waals surface area (Å²) in [5.74, 6) is 0.591. The molecule has 0 aliphatic rings. The lowest BCUT2D eigenvalue weighted by atomic mass is 10.1. The van der Waals surface area contributed by atoms with Crippen LogP contribution in [-0.2, 0) is 0 Å². The molecule has 1 N–H and O–H groups in total. The summed E-state index contributed by atoms with van der Waals surface area (Å²) in [6.07, 6.45) is -0.715. The number of aliphatic hydroxyl groups excluding tert-OH is 1. The Hall–Kier alpha value is -2.06. The smallest absolute Gasteiger partial charge is 0.138 e. The predicted octanol–water partition coefficient (Wildman–Crippen LogP) is 4.13. The Morgan fingerprint density at radius 2 is 1.74 bits per heavy atom. The van der Waals surface area contributed by atoms with Gasteiger partial charge in [-0.2, -0.15) is 0 Å². The maximum absolute atomic E-state index is 10.4. The molecule has 0 aliphatic carbocycles. The maximum Gasteiger partial charge on any atom is 0.138 e. The third kappa shape index (κ3) is 2.15. The zero-order valence-corrected chi connectivity index (χ0v) is 11.1. The molecule has 0 radical (unpaired) electrons. The molecule has 0 aliphatic heterocycles. The van der Waals surface area contributed by atoms with Gasteiger partial charge >= 0.3 is 0 Å². The van der Waals surface area contributed by atoms with E-state index in [9.17, 15) is 5.11 Å². The lowest BCUT2D eigenvalue weighted by Gasteiger charge is -2.08. The fourth-order valence-electron chi connectivity index (χ4n) is 2.28. The maximum atomic E-state index is 10.4. The van der Waals surface area contributed by atoms with Crippen molar-refractivity contribution in [3.05, 3.63) is 71.0 Å². The van der Waals surface area contributed by atoms with E-state index in [1.165, 1.54) is 5.56 Å². The Labute approximate surface area is 112 Å². The van der Waals surface area contributed by atoms with Crippen molar-refractivity contribution in [2.75, 3.05) is 0 Å². The molecule has 2 aromatic carbocycles. The van der Waals surface area contributed by atoms with E-state index in [0.29, 0.717) is 5.76 Å². The highest BCUT2D eigenvalue weighted by Crippen LogP contribution is 2.29. The second-order valence-electron chi connectivity index (χ2n) is 4.96. The molecule has 0 bridgehead atoms. The van der Waals surface area contributed by atoms with Crippen LogP contribution in [0.25, 0.3) is 11.0 Å². The molecule has 96 valence electrons. The van der Waals surface area contributed by atoms with Crippen LogP contribution in [0.15, 0.2) is 52.9 Å². The van der Waals surface area contributed by atoms with Gasteiger partial charge in [-0.15, -0.1) is 0 Å². The summed E-state index contributed by atoms with van der Waals surface area (Å²) in [7, 11) is 0. The Morgan fingerprint density at radius 3 is 2.42 bits per heavy atom. The number of benzene rings is 2. The molecule has 0 spiro atoms. The molecule has 1 atom stereocenters. The highest BCUT2D eigenvalue weighted by Gasteiger charge is 2.16. The molecule has 3 rings (SSSR count). The first kappa shape index (κ1) is 12.0. The normalized spacial score (nSPS) is 12.8. The third-order valence-corrected chi connectivity index (χ3v) is 3.42. The fraction of sp³-hybridized carbons (Fsp3) is 0.176. The molecular formula is C17H16O2. The van der Waals surface area contributed by atoms with Crippen molar-refractivity contribution in [1.29, 1.82) is 0 Å². The first-order valence-electron chi connectivity index (χ1n) is 6.39. The van der Waals surface area contributed by atoms with E-state index in [1.807, 2.05) is 62.4 Å². The summed E-state index contributed by atoms with van der Waals surface area (Å²) < 4.78 is 5.80. The summed E-state index contributed by atoms with van der Waals surface area (Å²) in [4.78, 5) is 0. The number of fused-ring (bicyclic) bond motifs is 1. The zero-order chi connectivity index (χ0) is 13.4. The van der Waals surface area contributed by atoms with E-state index in [2.05, 4.69) is 0 Å². The van der Waals surface area contributed by atoms with Gasteiger partial charge in [0, 0.05) is 5.39 Å². The first-order valence-corrected chi connectivity index (χ1v) is 6.39. The van der Waals surface area contributed by atoms with Crippen LogP contribution in [-0.4, -0.2) is 5.11 Å². The number of furan rings is 1. The van der Waals surface area contributed by atoms with Gasteiger partial charge in [0.15, 0.2) is 0 Å². The molecule has 1 unspecified atom stereocenters. The molecule has 2 heteroatoms. The van der Waals surface area contributed by atoms with Gasteiger partial charge in [-0.1, -0.05) is 48.0 Å². The number of aliphatic hydroxyl groups is 1. The van der Waals surface area contributed by atoms with Gasteiger partial charge < -0.3 is 9.52 Å². The van der Waals surface area contributed by atoms with E-state index in [4.69, 9.17) is 4.42 Å². The van der Waals surface area contributed by atoms with Gasteiger partial charge in [0.2, 0.25) is 0 Å². The molecule has 0 saturated carbocycles. The Bertz CT molecular complexity index is 708. The molecular weight excluding hydrogens is 236 g/mol. The fourth-order valence-corrected chi connectivity index (χ4v) is 2.28. The van der Waals surface area contributed by atoms with Crippen LogP contribution >= 0.6 is 0 Å². The van der Waals surface area contributed by atoms with Crippen LogP contribution in [0.1, 0.15) is 28.6 Å². The first-order chi connectivity index (χ1) is 9.15. The van der Waals surface area contributed by atoms with Gasteiger partial charge in [-0.25, -0.2) is 0 Å². The number of para-hydroxylation sites is 1. The van der Waals surface area contributed by atoms with Crippen LogP contribution in [0.3, 0.4) is 0 Å². The Kier molecular flexibility index (Phi) is 2.88. The van der Waals surface area contributed by atoms with E-state index in [1.54, 1.807) is 0 Å². The van der Waals surface area contributed by atoms with Crippen molar-refractivity contribution in [2.45, 2.75) is 20.0 Å². The minimum atomic E-state index is -0.715. The van der Waals surface area contributed by atoms with Crippen LogP contribution in [0.2, 0.25) is 0 Å². The second-order valence-corrected chi connectivity index (χ2v) is 4.96. The molecule has 2 nitrogen and oxygen atoms in total. The third-order valence-electron chi connectivity index (χ3n) is 3.42. The number of rotatable bonds is 2. The number of hydrogen-bond donors (Lipinski definition) is 1. The van der Waals surface area contributed by atoms with Crippen LogP contribution in [0.5, 0.6) is 0 Å². The van der Waals surface area contributed by atoms with Gasteiger partial charge in [0.05, 0.1) is 0 Å². The van der Waals surface area contributed by atoms with E-state index < -0.39 is 6.10 Å². The molecule has 1 aromatic heterocycles. The van der Waals surface area contributed by atoms with Crippen molar-refractivity contribution in [1.82, 2.24) is 0 Å².